The van der Waals surface area contributed by atoms with Crippen molar-refractivity contribution in [2.24, 2.45) is 18.9 Å². The predicted molar refractivity (Wildman–Crippen MR) is 142 cm³/mol. The average Bonchev–Trinajstić information content (AvgIpc) is 3.24. The minimum Gasteiger partial charge on any atom is -0.292 e. The molecule has 6 rings (SSSR count). The fourth-order valence-electron chi connectivity index (χ4n) is 5.67. The van der Waals surface area contributed by atoms with E-state index in [1.807, 2.05) is 42.7 Å². The molecule has 0 amide bonds. The van der Waals surface area contributed by atoms with E-state index in [0.29, 0.717) is 17.0 Å². The molecule has 9 nitrogen and oxygen atoms in total. The second kappa shape index (κ2) is 10.8. The molecule has 2 saturated carbocycles. The number of rotatable bonds is 10. The molecule has 10 heteroatoms. The molecular weight excluding hydrogens is 486 g/mol. The molecule has 0 radical (unpaired) electrons. The number of H-pyrrole nitrogens is 2. The van der Waals surface area contributed by atoms with Crippen LogP contribution in [0.25, 0.3) is 11.3 Å². The van der Waals surface area contributed by atoms with Crippen molar-refractivity contribution in [1.82, 2.24) is 45.0 Å². The van der Waals surface area contributed by atoms with Crippen LogP contribution in [0.2, 0.25) is 5.02 Å². The normalized spacial score (nSPS) is 20.1. The maximum Gasteiger partial charge on any atom is 0.129 e. The summed E-state index contributed by atoms with van der Waals surface area (Å²) in [5.41, 5.74) is 5.54. The zero-order chi connectivity index (χ0) is 25.2. The molecule has 37 heavy (non-hydrogen) atoms. The molecule has 4 heterocycles. The molecule has 0 aromatic carbocycles. The molecule has 4 aromatic rings. The van der Waals surface area contributed by atoms with Crippen molar-refractivity contribution in [3.8, 4) is 11.3 Å². The van der Waals surface area contributed by atoms with Crippen molar-refractivity contribution >= 4 is 11.6 Å². The second-order valence-electron chi connectivity index (χ2n) is 10.8. The van der Waals surface area contributed by atoms with E-state index >= 15 is 0 Å². The van der Waals surface area contributed by atoms with Crippen molar-refractivity contribution in [3.05, 3.63) is 64.8 Å². The van der Waals surface area contributed by atoms with Crippen LogP contribution in [-0.2, 0) is 33.0 Å². The molecule has 194 valence electrons. The summed E-state index contributed by atoms with van der Waals surface area (Å²) in [4.78, 5) is 12.1. The van der Waals surface area contributed by atoms with Gasteiger partial charge in [0.1, 0.15) is 5.82 Å². The number of hydrogen-bond acceptors (Lipinski definition) is 6. The topological polar surface area (TPSA) is 104 Å². The highest BCUT2D eigenvalue weighted by atomic mass is 35.5. The number of aromatic nitrogens is 8. The van der Waals surface area contributed by atoms with Gasteiger partial charge in [0, 0.05) is 73.6 Å². The molecule has 0 aliphatic heterocycles. The first kappa shape index (κ1) is 24.3. The summed E-state index contributed by atoms with van der Waals surface area (Å²) in [6, 6.07) is 0.531. The SMILES string of the molecule is Cn1ncc(-c2nc(CC3CCC(N(Cc4cn[nH]c4)Cc4cn[nH]c4)CC3)ncc2Cl)c1CC1CC1. The standard InChI is InChI=1S/C27H34ClN9/c1-36-25(8-18-2-3-18)23(14-34-36)27-24(28)15-29-26(35-27)9-19-4-6-22(7-5-19)37(16-20-10-30-31-11-20)17-21-12-32-33-13-21/h10-15,18-19,22H,2-9,16-17H2,1H3,(H,30,31)(H,32,33). The van der Waals surface area contributed by atoms with Gasteiger partial charge in [0.25, 0.3) is 0 Å². The zero-order valence-corrected chi connectivity index (χ0v) is 22.0. The summed E-state index contributed by atoms with van der Waals surface area (Å²) >= 11 is 6.60. The molecule has 2 aliphatic carbocycles. The molecule has 2 N–H and O–H groups in total. The number of aryl methyl sites for hydroxylation is 1. The van der Waals surface area contributed by atoms with Gasteiger partial charge in [-0.15, -0.1) is 0 Å². The zero-order valence-electron chi connectivity index (χ0n) is 21.3. The molecule has 0 saturated heterocycles. The van der Waals surface area contributed by atoms with Gasteiger partial charge in [-0.25, -0.2) is 9.97 Å². The first-order valence-corrected chi connectivity index (χ1v) is 13.7. The van der Waals surface area contributed by atoms with E-state index in [-0.39, 0.29) is 0 Å². The number of hydrogen-bond donors (Lipinski definition) is 2. The fourth-order valence-corrected chi connectivity index (χ4v) is 5.87. The number of aromatic amines is 2. The third-order valence-electron chi connectivity index (χ3n) is 7.97. The monoisotopic (exact) mass is 519 g/mol. The van der Waals surface area contributed by atoms with Crippen molar-refractivity contribution in [1.29, 1.82) is 0 Å². The third kappa shape index (κ3) is 5.78. The Kier molecular flexibility index (Phi) is 7.06. The minimum absolute atomic E-state index is 0.531. The van der Waals surface area contributed by atoms with E-state index in [1.54, 1.807) is 6.20 Å². The molecule has 2 aliphatic rings. The van der Waals surface area contributed by atoms with Crippen LogP contribution >= 0.6 is 11.6 Å². The highest BCUT2D eigenvalue weighted by Crippen LogP contribution is 2.37. The van der Waals surface area contributed by atoms with E-state index in [1.165, 1.54) is 42.5 Å². The lowest BCUT2D eigenvalue weighted by atomic mass is 9.83. The van der Waals surface area contributed by atoms with Crippen molar-refractivity contribution in [2.75, 3.05) is 0 Å². The average molecular weight is 520 g/mol. The molecule has 0 bridgehead atoms. The Morgan fingerprint density at radius 2 is 1.54 bits per heavy atom. The van der Waals surface area contributed by atoms with E-state index in [2.05, 4.69) is 35.4 Å². The van der Waals surface area contributed by atoms with Gasteiger partial charge in [-0.3, -0.25) is 19.8 Å². The summed E-state index contributed by atoms with van der Waals surface area (Å²) in [5.74, 6) is 2.23. The number of halogens is 1. The van der Waals surface area contributed by atoms with Crippen LogP contribution in [0.4, 0.5) is 0 Å². The molecular formula is C27H34ClN9. The van der Waals surface area contributed by atoms with Crippen LogP contribution in [-0.4, -0.2) is 51.1 Å². The predicted octanol–water partition coefficient (Wildman–Crippen LogP) is 4.73. The molecule has 0 atom stereocenters. The van der Waals surface area contributed by atoms with Gasteiger partial charge in [0.2, 0.25) is 0 Å². The maximum atomic E-state index is 6.60. The summed E-state index contributed by atoms with van der Waals surface area (Å²) in [7, 11) is 2.01. The highest BCUT2D eigenvalue weighted by Gasteiger charge is 2.29. The van der Waals surface area contributed by atoms with Crippen LogP contribution in [0, 0.1) is 11.8 Å². The number of nitrogens with one attached hydrogen (secondary N) is 2. The fraction of sp³-hybridized carbons (Fsp3) is 0.519. The minimum atomic E-state index is 0.531. The van der Waals surface area contributed by atoms with Crippen LogP contribution in [0.1, 0.15) is 61.2 Å². The Morgan fingerprint density at radius 3 is 2.16 bits per heavy atom. The van der Waals surface area contributed by atoms with Crippen LogP contribution < -0.4 is 0 Å². The van der Waals surface area contributed by atoms with Gasteiger partial charge in [0.15, 0.2) is 0 Å². The largest absolute Gasteiger partial charge is 0.292 e. The Labute approximate surface area is 222 Å². The maximum absolute atomic E-state index is 6.60. The second-order valence-corrected chi connectivity index (χ2v) is 11.2. The van der Waals surface area contributed by atoms with Gasteiger partial charge >= 0.3 is 0 Å². The van der Waals surface area contributed by atoms with Crippen molar-refractivity contribution in [2.45, 2.75) is 70.5 Å². The highest BCUT2D eigenvalue weighted by molar-refractivity contribution is 6.32. The van der Waals surface area contributed by atoms with Gasteiger partial charge < -0.3 is 0 Å². The third-order valence-corrected chi connectivity index (χ3v) is 8.25. The Balaban J connectivity index is 1.11. The quantitative estimate of drug-likeness (QED) is 0.314. The Morgan fingerprint density at radius 1 is 0.892 bits per heavy atom. The molecule has 0 unspecified atom stereocenters. The molecule has 4 aromatic heterocycles. The smallest absolute Gasteiger partial charge is 0.129 e. The van der Waals surface area contributed by atoms with Gasteiger partial charge in [0.05, 0.1) is 29.3 Å². The summed E-state index contributed by atoms with van der Waals surface area (Å²) in [5, 5.41) is 19.3. The van der Waals surface area contributed by atoms with E-state index in [9.17, 15) is 0 Å². The first-order chi connectivity index (χ1) is 18.1. The first-order valence-electron chi connectivity index (χ1n) is 13.3. The molecule has 0 spiro atoms. The van der Waals surface area contributed by atoms with Gasteiger partial charge in [-0.2, -0.15) is 15.3 Å². The molecule has 2 fully saturated rings. The van der Waals surface area contributed by atoms with E-state index < -0.39 is 0 Å². The van der Waals surface area contributed by atoms with Crippen molar-refractivity contribution in [3.63, 3.8) is 0 Å². The van der Waals surface area contributed by atoms with E-state index in [4.69, 9.17) is 16.6 Å². The van der Waals surface area contributed by atoms with Gasteiger partial charge in [-0.1, -0.05) is 11.6 Å². The summed E-state index contributed by atoms with van der Waals surface area (Å²) in [6.45, 7) is 1.77. The van der Waals surface area contributed by atoms with Crippen molar-refractivity contribution < 1.29 is 0 Å². The summed E-state index contributed by atoms with van der Waals surface area (Å²) in [6.07, 6.45) is 20.7. The van der Waals surface area contributed by atoms with E-state index in [0.717, 1.165) is 61.8 Å². The van der Waals surface area contributed by atoms with Crippen LogP contribution in [0.5, 0.6) is 0 Å². The van der Waals surface area contributed by atoms with Crippen LogP contribution in [0.15, 0.2) is 37.2 Å². The summed E-state index contributed by atoms with van der Waals surface area (Å²) < 4.78 is 1.98. The Hall–Kier alpha value is -3.04. The lowest BCUT2D eigenvalue weighted by molar-refractivity contribution is 0.121. The number of nitrogens with zero attached hydrogens (tertiary/aromatic N) is 7. The lowest BCUT2D eigenvalue weighted by Crippen LogP contribution is -2.37. The van der Waals surface area contributed by atoms with Crippen LogP contribution in [0.3, 0.4) is 0 Å². The van der Waals surface area contributed by atoms with Gasteiger partial charge in [-0.05, 0) is 56.8 Å². The lowest BCUT2D eigenvalue weighted by Gasteiger charge is -2.36. The Bertz CT molecular complexity index is 1250.